The summed E-state index contributed by atoms with van der Waals surface area (Å²) in [6.07, 6.45) is 6.00. The first-order chi connectivity index (χ1) is 11.2. The number of aryl methyl sites for hydroxylation is 1. The van der Waals surface area contributed by atoms with Gasteiger partial charge in [-0.1, -0.05) is 43.2 Å². The zero-order valence-corrected chi connectivity index (χ0v) is 13.4. The highest BCUT2D eigenvalue weighted by atomic mass is 16.2. The summed E-state index contributed by atoms with van der Waals surface area (Å²) in [6.45, 7) is 0. The molecule has 0 aliphatic heterocycles. The van der Waals surface area contributed by atoms with E-state index in [0.717, 1.165) is 25.7 Å². The van der Waals surface area contributed by atoms with Crippen LogP contribution < -0.4 is 5.32 Å². The van der Waals surface area contributed by atoms with Crippen LogP contribution >= 0.6 is 0 Å². The number of nitrogens with one attached hydrogen (secondary N) is 1. The first kappa shape index (κ1) is 15.5. The Morgan fingerprint density at radius 1 is 1.04 bits per heavy atom. The number of carbonyl (C=O) groups is 2. The van der Waals surface area contributed by atoms with Crippen LogP contribution in [0.4, 0.5) is 0 Å². The lowest BCUT2D eigenvalue weighted by Gasteiger charge is -2.32. The van der Waals surface area contributed by atoms with Crippen LogP contribution in [0.3, 0.4) is 0 Å². The van der Waals surface area contributed by atoms with Crippen molar-refractivity contribution in [2.45, 2.75) is 37.6 Å². The molecule has 2 aromatic rings. The Morgan fingerprint density at radius 2 is 1.78 bits per heavy atom. The number of nitrogens with zero attached hydrogens (tertiary/aromatic N) is 1. The van der Waals surface area contributed by atoms with Gasteiger partial charge in [0.2, 0.25) is 0 Å². The highest BCUT2D eigenvalue weighted by molar-refractivity contribution is 6.42. The maximum absolute atomic E-state index is 12.4. The van der Waals surface area contributed by atoms with Crippen LogP contribution in [-0.2, 0) is 11.8 Å². The second-order valence-corrected chi connectivity index (χ2v) is 6.22. The fourth-order valence-electron chi connectivity index (χ4n) is 3.45. The zero-order valence-electron chi connectivity index (χ0n) is 13.4. The van der Waals surface area contributed by atoms with E-state index in [-0.39, 0.29) is 12.0 Å². The number of hydrogen-bond acceptors (Lipinski definition) is 2. The van der Waals surface area contributed by atoms with Gasteiger partial charge < -0.3 is 9.88 Å². The van der Waals surface area contributed by atoms with Gasteiger partial charge in [-0.05, 0) is 30.5 Å². The molecule has 1 amide bonds. The molecule has 1 aromatic heterocycles. The summed E-state index contributed by atoms with van der Waals surface area (Å²) in [5.41, 5.74) is 1.67. The van der Waals surface area contributed by atoms with E-state index in [1.165, 1.54) is 5.56 Å². The third-order valence-electron chi connectivity index (χ3n) is 4.69. The molecule has 1 heterocycles. The first-order valence-electron chi connectivity index (χ1n) is 8.18. The number of carbonyl (C=O) groups excluding carboxylic acids is 2. The average Bonchev–Trinajstić information content (AvgIpc) is 3.01. The normalized spacial score (nSPS) is 20.9. The number of ketones is 1. The van der Waals surface area contributed by atoms with Gasteiger partial charge in [-0.15, -0.1) is 0 Å². The van der Waals surface area contributed by atoms with Crippen LogP contribution in [-0.4, -0.2) is 22.3 Å². The van der Waals surface area contributed by atoms with E-state index >= 15 is 0 Å². The van der Waals surface area contributed by atoms with Crippen molar-refractivity contribution in [3.63, 3.8) is 0 Å². The summed E-state index contributed by atoms with van der Waals surface area (Å²) in [5, 5.41) is 2.98. The van der Waals surface area contributed by atoms with Gasteiger partial charge in [0.25, 0.3) is 11.7 Å². The molecule has 1 aliphatic rings. The van der Waals surface area contributed by atoms with Gasteiger partial charge in [0, 0.05) is 25.2 Å². The van der Waals surface area contributed by atoms with E-state index in [4.69, 9.17) is 0 Å². The molecule has 0 radical (unpaired) electrons. The molecule has 4 nitrogen and oxygen atoms in total. The van der Waals surface area contributed by atoms with E-state index in [1.54, 1.807) is 29.9 Å². The molecule has 0 bridgehead atoms. The molecule has 120 valence electrons. The second-order valence-electron chi connectivity index (χ2n) is 6.22. The van der Waals surface area contributed by atoms with Crippen molar-refractivity contribution in [3.8, 4) is 0 Å². The largest absolute Gasteiger partial charge is 0.348 e. The number of rotatable bonds is 4. The molecule has 2 atom stereocenters. The van der Waals surface area contributed by atoms with Crippen molar-refractivity contribution in [1.29, 1.82) is 0 Å². The van der Waals surface area contributed by atoms with Gasteiger partial charge in [-0.25, -0.2) is 0 Å². The lowest BCUT2D eigenvalue weighted by atomic mass is 9.80. The Bertz CT molecular complexity index is 690. The molecule has 23 heavy (non-hydrogen) atoms. The quantitative estimate of drug-likeness (QED) is 0.697. The monoisotopic (exact) mass is 310 g/mol. The van der Waals surface area contributed by atoms with Crippen molar-refractivity contribution in [1.82, 2.24) is 9.88 Å². The van der Waals surface area contributed by atoms with E-state index < -0.39 is 11.7 Å². The lowest BCUT2D eigenvalue weighted by Crippen LogP contribution is -2.44. The minimum atomic E-state index is -0.500. The molecule has 1 aromatic carbocycles. The topological polar surface area (TPSA) is 51.1 Å². The average molecular weight is 310 g/mol. The predicted octanol–water partition coefficient (Wildman–Crippen LogP) is 3.05. The Kier molecular flexibility index (Phi) is 4.60. The maximum atomic E-state index is 12.4. The molecular formula is C19H22N2O2. The number of hydrogen-bond donors (Lipinski definition) is 1. The third kappa shape index (κ3) is 3.36. The summed E-state index contributed by atoms with van der Waals surface area (Å²) in [7, 11) is 1.77. The summed E-state index contributed by atoms with van der Waals surface area (Å²) >= 11 is 0. The molecule has 1 saturated carbocycles. The smallest absolute Gasteiger partial charge is 0.294 e. The Hall–Kier alpha value is -2.36. The van der Waals surface area contributed by atoms with Gasteiger partial charge in [-0.3, -0.25) is 9.59 Å². The second kappa shape index (κ2) is 6.82. The van der Waals surface area contributed by atoms with Crippen molar-refractivity contribution in [2.24, 2.45) is 7.05 Å². The van der Waals surface area contributed by atoms with Crippen LogP contribution in [0, 0.1) is 0 Å². The van der Waals surface area contributed by atoms with E-state index in [9.17, 15) is 9.59 Å². The molecule has 0 spiro atoms. The van der Waals surface area contributed by atoms with E-state index in [1.807, 2.05) is 18.2 Å². The number of amides is 1. The molecule has 0 saturated heterocycles. The van der Waals surface area contributed by atoms with Crippen LogP contribution in [0.2, 0.25) is 0 Å². The summed E-state index contributed by atoms with van der Waals surface area (Å²) < 4.78 is 1.68. The Labute approximate surface area is 136 Å². The molecule has 0 unspecified atom stereocenters. The standard InChI is InChI=1S/C19H22N2O2/c1-21-13-7-12-17(21)18(22)19(23)20-16-11-6-5-10-15(16)14-8-3-2-4-9-14/h2-4,7-9,12-13,15-16H,5-6,10-11H2,1H3,(H,20,23)/t15-,16+/m0/s1. The van der Waals surface area contributed by atoms with Crippen LogP contribution in [0.15, 0.2) is 48.7 Å². The van der Waals surface area contributed by atoms with E-state index in [0.29, 0.717) is 5.69 Å². The van der Waals surface area contributed by atoms with Gasteiger partial charge in [0.15, 0.2) is 0 Å². The Balaban J connectivity index is 1.73. The van der Waals surface area contributed by atoms with Crippen molar-refractivity contribution in [3.05, 3.63) is 59.9 Å². The van der Waals surface area contributed by atoms with Crippen LogP contribution in [0.25, 0.3) is 0 Å². The minimum Gasteiger partial charge on any atom is -0.348 e. The SMILES string of the molecule is Cn1cccc1C(=O)C(=O)N[C@@H]1CCCC[C@H]1c1ccccc1. The molecule has 1 N–H and O–H groups in total. The summed E-state index contributed by atoms with van der Waals surface area (Å²) in [6, 6.07) is 13.7. The van der Waals surface area contributed by atoms with Gasteiger partial charge in [-0.2, -0.15) is 0 Å². The van der Waals surface area contributed by atoms with Gasteiger partial charge in [0.05, 0.1) is 5.69 Å². The highest BCUT2D eigenvalue weighted by Gasteiger charge is 2.30. The number of benzene rings is 1. The number of aromatic nitrogens is 1. The van der Waals surface area contributed by atoms with Crippen LogP contribution in [0.5, 0.6) is 0 Å². The van der Waals surface area contributed by atoms with E-state index in [2.05, 4.69) is 17.4 Å². The van der Waals surface area contributed by atoms with Crippen LogP contribution in [0.1, 0.15) is 47.7 Å². The summed E-state index contributed by atoms with van der Waals surface area (Å²) in [4.78, 5) is 24.7. The molecule has 1 aliphatic carbocycles. The Morgan fingerprint density at radius 3 is 2.48 bits per heavy atom. The third-order valence-corrected chi connectivity index (χ3v) is 4.69. The lowest BCUT2D eigenvalue weighted by molar-refractivity contribution is -0.118. The molecule has 3 rings (SSSR count). The fraction of sp³-hybridized carbons (Fsp3) is 0.368. The van der Waals surface area contributed by atoms with Gasteiger partial charge in [0.1, 0.15) is 0 Å². The zero-order chi connectivity index (χ0) is 16.2. The fourth-order valence-corrected chi connectivity index (χ4v) is 3.45. The van der Waals surface area contributed by atoms with Crippen molar-refractivity contribution < 1.29 is 9.59 Å². The van der Waals surface area contributed by atoms with Crippen molar-refractivity contribution >= 4 is 11.7 Å². The molecule has 4 heteroatoms. The van der Waals surface area contributed by atoms with Gasteiger partial charge >= 0.3 is 0 Å². The number of Topliss-reactive ketones (excluding diaryl/α,β-unsaturated/α-hetero) is 1. The first-order valence-corrected chi connectivity index (χ1v) is 8.18. The predicted molar refractivity (Wildman–Crippen MR) is 89.3 cm³/mol. The maximum Gasteiger partial charge on any atom is 0.294 e. The summed E-state index contributed by atoms with van der Waals surface area (Å²) in [5.74, 6) is -0.676. The molecular weight excluding hydrogens is 288 g/mol. The minimum absolute atomic E-state index is 0.0304. The van der Waals surface area contributed by atoms with Crippen molar-refractivity contribution in [2.75, 3.05) is 0 Å². The highest BCUT2D eigenvalue weighted by Crippen LogP contribution is 2.33. The molecule has 1 fully saturated rings.